The summed E-state index contributed by atoms with van der Waals surface area (Å²) in [6.07, 6.45) is 6.86. The molecule has 0 aliphatic heterocycles. The number of nitrogens with zero attached hydrogens (tertiary/aromatic N) is 2. The first-order chi connectivity index (χ1) is 10.8. The highest BCUT2D eigenvalue weighted by Gasteiger charge is 2.24. The summed E-state index contributed by atoms with van der Waals surface area (Å²) in [5.41, 5.74) is 1.20. The lowest BCUT2D eigenvalue weighted by molar-refractivity contribution is 0.374. The first-order valence-corrected chi connectivity index (χ1v) is 9.14. The maximum Gasteiger partial charge on any atom is 0.421 e. The predicted molar refractivity (Wildman–Crippen MR) is 90.4 cm³/mol. The fourth-order valence-electron chi connectivity index (χ4n) is 3.20. The maximum absolute atomic E-state index is 11.9. The van der Waals surface area contributed by atoms with E-state index in [9.17, 15) is 4.79 Å². The maximum atomic E-state index is 11.9. The molecule has 6 heteroatoms. The molecule has 2 atom stereocenters. The molecule has 1 aliphatic carbocycles. The highest BCUT2D eigenvalue weighted by Crippen LogP contribution is 2.28. The number of pyridine rings is 1. The molecule has 2 aromatic rings. The van der Waals surface area contributed by atoms with Gasteiger partial charge < -0.3 is 9.73 Å². The summed E-state index contributed by atoms with van der Waals surface area (Å²) in [6.45, 7) is 3.60. The lowest BCUT2D eigenvalue weighted by Gasteiger charge is -2.31. The van der Waals surface area contributed by atoms with E-state index < -0.39 is 0 Å². The minimum Gasteiger partial charge on any atom is -0.406 e. The second-order valence-corrected chi connectivity index (χ2v) is 7.20. The highest BCUT2D eigenvalue weighted by molar-refractivity contribution is 7.99. The van der Waals surface area contributed by atoms with Crippen LogP contribution in [0.25, 0.3) is 11.2 Å². The van der Waals surface area contributed by atoms with E-state index in [1.807, 2.05) is 0 Å². The highest BCUT2D eigenvalue weighted by atomic mass is 32.2. The Bertz CT molecular complexity index is 665. The molecule has 22 heavy (non-hydrogen) atoms. The van der Waals surface area contributed by atoms with Crippen molar-refractivity contribution in [1.82, 2.24) is 14.9 Å². The Hall–Kier alpha value is -1.27. The number of hydrogen-bond donors (Lipinski definition) is 1. The van der Waals surface area contributed by atoms with E-state index in [4.69, 9.17) is 4.42 Å². The van der Waals surface area contributed by atoms with E-state index in [0.29, 0.717) is 29.1 Å². The van der Waals surface area contributed by atoms with Crippen molar-refractivity contribution in [3.05, 3.63) is 28.9 Å². The van der Waals surface area contributed by atoms with Gasteiger partial charge in [0.2, 0.25) is 0 Å². The molecular formula is C16H23N3O2S. The van der Waals surface area contributed by atoms with E-state index in [-0.39, 0.29) is 5.76 Å². The monoisotopic (exact) mass is 321 g/mol. The van der Waals surface area contributed by atoms with Crippen LogP contribution in [0.3, 0.4) is 0 Å². The van der Waals surface area contributed by atoms with Crippen LogP contribution in [0.15, 0.2) is 27.5 Å². The standard InChI is InChI=1S/C16H23N3O2S/c1-2-22-14-8-4-3-6-12(14)17-10-11-19-15-13(21-16(19)20)7-5-9-18-15/h5,7,9,12,14,17H,2-4,6,8,10-11H2,1H3/t12-,14+/m0/s1. The molecule has 0 spiro atoms. The number of fused-ring (bicyclic) bond motifs is 1. The second kappa shape index (κ2) is 7.33. The van der Waals surface area contributed by atoms with Crippen LogP contribution in [-0.2, 0) is 6.54 Å². The molecule has 0 unspecified atom stereocenters. The first kappa shape index (κ1) is 15.6. The molecule has 120 valence electrons. The van der Waals surface area contributed by atoms with Crippen molar-refractivity contribution in [3.63, 3.8) is 0 Å². The summed E-state index contributed by atoms with van der Waals surface area (Å²) in [5, 5.41) is 4.34. The number of rotatable bonds is 6. The van der Waals surface area contributed by atoms with Gasteiger partial charge in [0.1, 0.15) is 0 Å². The molecule has 0 radical (unpaired) electrons. The van der Waals surface area contributed by atoms with Gasteiger partial charge in [0, 0.05) is 30.6 Å². The van der Waals surface area contributed by atoms with Gasteiger partial charge in [-0.1, -0.05) is 19.8 Å². The predicted octanol–water partition coefficient (Wildman–Crippen LogP) is 2.64. The third-order valence-corrected chi connectivity index (χ3v) is 5.58. The average Bonchev–Trinajstić information content (AvgIpc) is 2.85. The Morgan fingerprint density at radius 2 is 2.32 bits per heavy atom. The lowest BCUT2D eigenvalue weighted by Crippen LogP contribution is -2.42. The third-order valence-electron chi connectivity index (χ3n) is 4.25. The van der Waals surface area contributed by atoms with Crippen LogP contribution in [0.4, 0.5) is 0 Å². The van der Waals surface area contributed by atoms with Crippen LogP contribution in [-0.4, -0.2) is 33.1 Å². The fourth-order valence-corrected chi connectivity index (χ4v) is 4.43. The molecule has 0 aromatic carbocycles. The molecule has 1 aliphatic rings. The molecule has 3 rings (SSSR count). The quantitative estimate of drug-likeness (QED) is 0.886. The van der Waals surface area contributed by atoms with Crippen molar-refractivity contribution in [3.8, 4) is 0 Å². The van der Waals surface area contributed by atoms with Crippen LogP contribution in [0.2, 0.25) is 0 Å². The van der Waals surface area contributed by atoms with Crippen molar-refractivity contribution in [2.45, 2.75) is 50.4 Å². The first-order valence-electron chi connectivity index (χ1n) is 8.09. The van der Waals surface area contributed by atoms with Crippen molar-refractivity contribution in [2.75, 3.05) is 12.3 Å². The number of aromatic nitrogens is 2. The van der Waals surface area contributed by atoms with Crippen LogP contribution in [0.5, 0.6) is 0 Å². The lowest BCUT2D eigenvalue weighted by atomic mass is 9.95. The van der Waals surface area contributed by atoms with Gasteiger partial charge in [0.05, 0.1) is 0 Å². The molecule has 2 heterocycles. The molecule has 1 saturated carbocycles. The van der Waals surface area contributed by atoms with Gasteiger partial charge in [-0.25, -0.2) is 9.78 Å². The summed E-state index contributed by atoms with van der Waals surface area (Å²) in [5.74, 6) is 0.845. The smallest absolute Gasteiger partial charge is 0.406 e. The van der Waals surface area contributed by atoms with Crippen LogP contribution >= 0.6 is 11.8 Å². The second-order valence-electron chi connectivity index (χ2n) is 5.68. The van der Waals surface area contributed by atoms with E-state index in [2.05, 4.69) is 29.0 Å². The minimum absolute atomic E-state index is 0.321. The van der Waals surface area contributed by atoms with E-state index in [1.54, 1.807) is 22.9 Å². The zero-order valence-electron chi connectivity index (χ0n) is 13.0. The topological polar surface area (TPSA) is 60.1 Å². The number of nitrogens with one attached hydrogen (secondary N) is 1. The van der Waals surface area contributed by atoms with Gasteiger partial charge in [-0.3, -0.25) is 4.57 Å². The number of oxazole rings is 1. The molecule has 0 amide bonds. The Balaban J connectivity index is 1.62. The molecule has 2 aromatic heterocycles. The van der Waals surface area contributed by atoms with Crippen LogP contribution in [0, 0.1) is 0 Å². The molecule has 5 nitrogen and oxygen atoms in total. The largest absolute Gasteiger partial charge is 0.421 e. The van der Waals surface area contributed by atoms with E-state index in [0.717, 1.165) is 6.54 Å². The van der Waals surface area contributed by atoms with Crippen LogP contribution in [0.1, 0.15) is 32.6 Å². The molecule has 1 fully saturated rings. The van der Waals surface area contributed by atoms with Gasteiger partial charge in [-0.05, 0) is 30.7 Å². The van der Waals surface area contributed by atoms with Gasteiger partial charge in [0.25, 0.3) is 0 Å². The van der Waals surface area contributed by atoms with Crippen LogP contribution < -0.4 is 11.1 Å². The van der Waals surface area contributed by atoms with Crippen molar-refractivity contribution in [2.24, 2.45) is 0 Å². The summed E-state index contributed by atoms with van der Waals surface area (Å²) >= 11 is 2.05. The van der Waals surface area contributed by atoms with Crippen molar-refractivity contribution < 1.29 is 4.42 Å². The van der Waals surface area contributed by atoms with E-state index in [1.165, 1.54) is 31.4 Å². The molecule has 1 N–H and O–H groups in total. The van der Waals surface area contributed by atoms with E-state index >= 15 is 0 Å². The third kappa shape index (κ3) is 3.38. The number of thioether (sulfide) groups is 1. The zero-order chi connectivity index (χ0) is 15.4. The normalized spacial score (nSPS) is 22.2. The molecule has 0 bridgehead atoms. The van der Waals surface area contributed by atoms with Crippen molar-refractivity contribution >= 4 is 23.0 Å². The summed E-state index contributed by atoms with van der Waals surface area (Å²) in [6, 6.07) is 4.12. The Kier molecular flexibility index (Phi) is 5.20. The van der Waals surface area contributed by atoms with Gasteiger partial charge in [-0.15, -0.1) is 0 Å². The molecular weight excluding hydrogens is 298 g/mol. The van der Waals surface area contributed by atoms with Gasteiger partial charge in [-0.2, -0.15) is 11.8 Å². The average molecular weight is 321 g/mol. The SMILES string of the molecule is CCS[C@@H]1CCCC[C@@H]1NCCn1c(=O)oc2cccnc21. The van der Waals surface area contributed by atoms with Crippen molar-refractivity contribution in [1.29, 1.82) is 0 Å². The Morgan fingerprint density at radius 3 is 3.18 bits per heavy atom. The zero-order valence-corrected chi connectivity index (χ0v) is 13.8. The summed E-state index contributed by atoms with van der Waals surface area (Å²) in [4.78, 5) is 16.2. The Labute approximate surface area is 134 Å². The van der Waals surface area contributed by atoms with Gasteiger partial charge in [0.15, 0.2) is 11.2 Å². The summed E-state index contributed by atoms with van der Waals surface area (Å²) < 4.78 is 6.83. The Morgan fingerprint density at radius 1 is 1.45 bits per heavy atom. The minimum atomic E-state index is -0.321. The number of hydrogen-bond acceptors (Lipinski definition) is 5. The van der Waals surface area contributed by atoms with Gasteiger partial charge >= 0.3 is 5.76 Å². The fraction of sp³-hybridized carbons (Fsp3) is 0.625. The summed E-state index contributed by atoms with van der Waals surface area (Å²) in [7, 11) is 0. The molecule has 0 saturated heterocycles.